The van der Waals surface area contributed by atoms with E-state index in [1.165, 1.54) is 18.1 Å². The van der Waals surface area contributed by atoms with Crippen molar-refractivity contribution in [1.29, 1.82) is 0 Å². The van der Waals surface area contributed by atoms with Gasteiger partial charge in [-0.15, -0.1) is 0 Å². The zero-order valence-electron chi connectivity index (χ0n) is 14.1. The summed E-state index contributed by atoms with van der Waals surface area (Å²) in [5.74, 6) is -1.73. The molecule has 2 aromatic rings. The van der Waals surface area contributed by atoms with Crippen molar-refractivity contribution < 1.29 is 19.4 Å². The molecule has 0 bridgehead atoms. The average Bonchev–Trinajstić information content (AvgIpc) is 2.91. The Morgan fingerprint density at radius 3 is 2.73 bits per heavy atom. The smallest absolute Gasteiger partial charge is 0.295 e. The number of Topliss-reactive ketones (excluding diaryl/α,β-unsaturated/α-hetero) is 1. The first-order valence-corrected chi connectivity index (χ1v) is 8.36. The van der Waals surface area contributed by atoms with E-state index in [1.54, 1.807) is 42.6 Å². The van der Waals surface area contributed by atoms with Gasteiger partial charge < -0.3 is 14.7 Å². The van der Waals surface area contributed by atoms with E-state index in [0.717, 1.165) is 0 Å². The van der Waals surface area contributed by atoms with Crippen molar-refractivity contribution in [3.05, 3.63) is 70.5 Å². The SMILES string of the molecule is COCCN1C(=O)C(=O)/C(=C(\O)c2cccc(Cl)c2)C1c1ccccn1. The maximum atomic E-state index is 12.7. The second-order valence-electron chi connectivity index (χ2n) is 5.75. The van der Waals surface area contributed by atoms with E-state index in [9.17, 15) is 14.7 Å². The summed E-state index contributed by atoms with van der Waals surface area (Å²) >= 11 is 5.99. The monoisotopic (exact) mass is 372 g/mol. The van der Waals surface area contributed by atoms with E-state index in [0.29, 0.717) is 16.3 Å². The van der Waals surface area contributed by atoms with Crippen molar-refractivity contribution in [3.8, 4) is 0 Å². The van der Waals surface area contributed by atoms with Crippen molar-refractivity contribution in [2.24, 2.45) is 0 Å². The fraction of sp³-hybridized carbons (Fsp3) is 0.211. The number of likely N-dealkylation sites (tertiary alicyclic amines) is 1. The highest BCUT2D eigenvalue weighted by atomic mass is 35.5. The first-order valence-electron chi connectivity index (χ1n) is 7.98. The number of aliphatic hydroxyl groups is 1. The van der Waals surface area contributed by atoms with E-state index >= 15 is 0 Å². The fourth-order valence-corrected chi connectivity index (χ4v) is 3.13. The Morgan fingerprint density at radius 1 is 1.27 bits per heavy atom. The highest BCUT2D eigenvalue weighted by Gasteiger charge is 2.46. The molecule has 3 rings (SSSR count). The molecule has 0 spiro atoms. The minimum Gasteiger partial charge on any atom is -0.507 e. The molecule has 1 aliphatic rings. The van der Waals surface area contributed by atoms with E-state index in [2.05, 4.69) is 4.98 Å². The molecule has 1 aromatic carbocycles. The zero-order valence-corrected chi connectivity index (χ0v) is 14.8. The lowest BCUT2D eigenvalue weighted by Gasteiger charge is -2.24. The number of aromatic nitrogens is 1. The summed E-state index contributed by atoms with van der Waals surface area (Å²) in [5.41, 5.74) is 0.849. The van der Waals surface area contributed by atoms with Gasteiger partial charge in [0.15, 0.2) is 0 Å². The molecule has 1 aromatic heterocycles. The molecule has 1 N–H and O–H groups in total. The Hall–Kier alpha value is -2.70. The molecule has 7 heteroatoms. The first kappa shape index (κ1) is 18.1. The molecule has 2 heterocycles. The molecule has 134 valence electrons. The van der Waals surface area contributed by atoms with Crippen LogP contribution < -0.4 is 0 Å². The summed E-state index contributed by atoms with van der Waals surface area (Å²) in [7, 11) is 1.51. The summed E-state index contributed by atoms with van der Waals surface area (Å²) < 4.78 is 5.05. The van der Waals surface area contributed by atoms with E-state index in [1.807, 2.05) is 0 Å². The predicted molar refractivity (Wildman–Crippen MR) is 96.6 cm³/mol. The summed E-state index contributed by atoms with van der Waals surface area (Å²) in [6.07, 6.45) is 1.57. The van der Waals surface area contributed by atoms with Crippen LogP contribution in [0.25, 0.3) is 5.76 Å². The molecular formula is C19H17ClN2O4. The van der Waals surface area contributed by atoms with Crippen LogP contribution in [0.5, 0.6) is 0 Å². The highest BCUT2D eigenvalue weighted by molar-refractivity contribution is 6.46. The van der Waals surface area contributed by atoms with Crippen LogP contribution in [0.15, 0.2) is 54.2 Å². The van der Waals surface area contributed by atoms with Crippen molar-refractivity contribution >= 4 is 29.1 Å². The molecule has 26 heavy (non-hydrogen) atoms. The molecule has 1 unspecified atom stereocenters. The molecule has 1 saturated heterocycles. The zero-order chi connectivity index (χ0) is 18.7. The minimum absolute atomic E-state index is 0.00734. The topological polar surface area (TPSA) is 79.7 Å². The Labute approximate surface area is 155 Å². The number of hydrogen-bond donors (Lipinski definition) is 1. The fourth-order valence-electron chi connectivity index (χ4n) is 2.94. The Morgan fingerprint density at radius 2 is 2.08 bits per heavy atom. The number of rotatable bonds is 5. The Bertz CT molecular complexity index is 867. The number of benzene rings is 1. The number of nitrogens with zero attached hydrogens (tertiary/aromatic N) is 2. The lowest BCUT2D eigenvalue weighted by atomic mass is 9.98. The number of ketones is 1. The predicted octanol–water partition coefficient (Wildman–Crippen LogP) is 2.80. The van der Waals surface area contributed by atoms with Crippen molar-refractivity contribution in [3.63, 3.8) is 0 Å². The maximum Gasteiger partial charge on any atom is 0.295 e. The summed E-state index contributed by atoms with van der Waals surface area (Å²) in [6, 6.07) is 10.9. The number of amides is 1. The van der Waals surface area contributed by atoms with E-state index in [-0.39, 0.29) is 24.5 Å². The van der Waals surface area contributed by atoms with Crippen LogP contribution in [0.2, 0.25) is 5.02 Å². The maximum absolute atomic E-state index is 12.7. The number of aliphatic hydroxyl groups excluding tert-OH is 1. The van der Waals surface area contributed by atoms with Gasteiger partial charge >= 0.3 is 0 Å². The highest BCUT2D eigenvalue weighted by Crippen LogP contribution is 2.38. The van der Waals surface area contributed by atoms with Crippen LogP contribution >= 0.6 is 11.6 Å². The number of hydrogen-bond acceptors (Lipinski definition) is 5. The molecule has 1 atom stereocenters. The van der Waals surface area contributed by atoms with Crippen LogP contribution in [0.4, 0.5) is 0 Å². The van der Waals surface area contributed by atoms with Gasteiger partial charge in [0, 0.05) is 30.4 Å². The summed E-state index contributed by atoms with van der Waals surface area (Å²) in [4.78, 5) is 30.8. The second-order valence-corrected chi connectivity index (χ2v) is 6.19. The van der Waals surface area contributed by atoms with Gasteiger partial charge in [0.25, 0.3) is 11.7 Å². The standard InChI is InChI=1S/C19H17ClN2O4/c1-26-10-9-22-16(14-7-2-3-8-21-14)15(18(24)19(22)25)17(23)12-5-4-6-13(20)11-12/h2-8,11,16,23H,9-10H2,1H3/b17-15-. The van der Waals surface area contributed by atoms with Crippen molar-refractivity contribution in [1.82, 2.24) is 9.88 Å². The lowest BCUT2D eigenvalue weighted by molar-refractivity contribution is -0.140. The summed E-state index contributed by atoms with van der Waals surface area (Å²) in [6.45, 7) is 0.461. The second kappa shape index (κ2) is 7.68. The minimum atomic E-state index is -0.787. The normalized spacial score (nSPS) is 19.2. The molecule has 1 amide bonds. The Kier molecular flexibility index (Phi) is 5.35. The van der Waals surface area contributed by atoms with Crippen LogP contribution in [0.3, 0.4) is 0 Å². The molecule has 1 fully saturated rings. The largest absolute Gasteiger partial charge is 0.507 e. The number of carbonyl (C=O) groups excluding carboxylic acids is 2. The van der Waals surface area contributed by atoms with E-state index in [4.69, 9.17) is 16.3 Å². The third-order valence-corrected chi connectivity index (χ3v) is 4.38. The van der Waals surface area contributed by atoms with Crippen LogP contribution in [0.1, 0.15) is 17.3 Å². The van der Waals surface area contributed by atoms with Crippen molar-refractivity contribution in [2.45, 2.75) is 6.04 Å². The molecule has 0 saturated carbocycles. The van der Waals surface area contributed by atoms with Crippen LogP contribution in [0, 0.1) is 0 Å². The Balaban J connectivity index is 2.16. The molecule has 1 aliphatic heterocycles. The number of pyridine rings is 1. The lowest BCUT2D eigenvalue weighted by Crippen LogP contribution is -2.33. The van der Waals surface area contributed by atoms with Crippen LogP contribution in [-0.4, -0.2) is 46.9 Å². The summed E-state index contributed by atoms with van der Waals surface area (Å²) in [5, 5.41) is 11.2. The number of methoxy groups -OCH3 is 1. The van der Waals surface area contributed by atoms with Gasteiger partial charge in [-0.25, -0.2) is 0 Å². The quantitative estimate of drug-likeness (QED) is 0.496. The van der Waals surface area contributed by atoms with Crippen LogP contribution in [-0.2, 0) is 14.3 Å². The number of ether oxygens (including phenoxy) is 1. The van der Waals surface area contributed by atoms with Gasteiger partial charge in [0.05, 0.1) is 17.9 Å². The first-order chi connectivity index (χ1) is 12.5. The molecule has 0 radical (unpaired) electrons. The molecule has 6 nitrogen and oxygen atoms in total. The van der Waals surface area contributed by atoms with Gasteiger partial charge in [0.2, 0.25) is 0 Å². The van der Waals surface area contributed by atoms with Crippen molar-refractivity contribution in [2.75, 3.05) is 20.3 Å². The number of carbonyl (C=O) groups is 2. The third kappa shape index (κ3) is 3.34. The average molecular weight is 373 g/mol. The third-order valence-electron chi connectivity index (χ3n) is 4.14. The van der Waals surface area contributed by atoms with Gasteiger partial charge in [-0.05, 0) is 24.3 Å². The van der Waals surface area contributed by atoms with Gasteiger partial charge in [-0.2, -0.15) is 0 Å². The van der Waals surface area contributed by atoms with Gasteiger partial charge in [-0.3, -0.25) is 14.6 Å². The van der Waals surface area contributed by atoms with Gasteiger partial charge in [0.1, 0.15) is 11.8 Å². The molecular weight excluding hydrogens is 356 g/mol. The van der Waals surface area contributed by atoms with Gasteiger partial charge in [-0.1, -0.05) is 29.8 Å². The number of halogens is 1. The molecule has 0 aliphatic carbocycles. The van der Waals surface area contributed by atoms with E-state index < -0.39 is 17.7 Å².